The van der Waals surface area contributed by atoms with Crippen LogP contribution in [0.1, 0.15) is 11.1 Å². The number of benzene rings is 1. The van der Waals surface area contributed by atoms with E-state index in [1.807, 2.05) is 16.9 Å². The Balaban J connectivity index is 1.59. The second kappa shape index (κ2) is 6.37. The molecule has 0 fully saturated rings. The largest absolute Gasteiger partial charge is 0.366 e. The lowest BCUT2D eigenvalue weighted by molar-refractivity contribution is 0.686. The van der Waals surface area contributed by atoms with Crippen LogP contribution < -0.4 is 5.32 Å². The second-order valence-corrected chi connectivity index (χ2v) is 4.99. The molecule has 2 aromatic heterocycles. The standard InChI is InChI=1S/C15H14ClN5/c16-14-8-15(19-11-18-14)17-9-12-2-4-13(5-3-12)10-21-7-1-6-20-21/h1-8,11H,9-10H2,(H,17,18,19). The summed E-state index contributed by atoms with van der Waals surface area (Å²) in [6, 6.07) is 12.0. The molecule has 2 heterocycles. The maximum Gasteiger partial charge on any atom is 0.134 e. The van der Waals surface area contributed by atoms with E-state index in [0.29, 0.717) is 11.7 Å². The van der Waals surface area contributed by atoms with Gasteiger partial charge in [-0.2, -0.15) is 5.10 Å². The first-order valence-corrected chi connectivity index (χ1v) is 6.94. The maximum absolute atomic E-state index is 5.82. The molecule has 0 atom stereocenters. The molecule has 1 N–H and O–H groups in total. The van der Waals surface area contributed by atoms with Gasteiger partial charge in [-0.25, -0.2) is 9.97 Å². The highest BCUT2D eigenvalue weighted by molar-refractivity contribution is 6.29. The van der Waals surface area contributed by atoms with E-state index in [1.165, 1.54) is 17.5 Å². The van der Waals surface area contributed by atoms with E-state index in [1.54, 1.807) is 12.3 Å². The number of halogens is 1. The zero-order valence-electron chi connectivity index (χ0n) is 11.3. The zero-order chi connectivity index (χ0) is 14.5. The van der Waals surface area contributed by atoms with Gasteiger partial charge in [0, 0.05) is 25.0 Å². The smallest absolute Gasteiger partial charge is 0.134 e. The second-order valence-electron chi connectivity index (χ2n) is 4.60. The summed E-state index contributed by atoms with van der Waals surface area (Å²) in [5.41, 5.74) is 2.39. The molecule has 0 saturated heterocycles. The zero-order valence-corrected chi connectivity index (χ0v) is 12.0. The third kappa shape index (κ3) is 3.79. The molecule has 0 bridgehead atoms. The van der Waals surface area contributed by atoms with Gasteiger partial charge >= 0.3 is 0 Å². The Bertz CT molecular complexity index is 694. The van der Waals surface area contributed by atoms with Gasteiger partial charge in [0.25, 0.3) is 0 Å². The topological polar surface area (TPSA) is 55.6 Å². The van der Waals surface area contributed by atoms with Gasteiger partial charge in [0.2, 0.25) is 0 Å². The lowest BCUT2D eigenvalue weighted by atomic mass is 10.1. The molecule has 106 valence electrons. The van der Waals surface area contributed by atoms with Crippen molar-refractivity contribution in [1.29, 1.82) is 0 Å². The Hall–Kier alpha value is -2.40. The van der Waals surface area contributed by atoms with Crippen LogP contribution in [0.4, 0.5) is 5.82 Å². The minimum absolute atomic E-state index is 0.432. The van der Waals surface area contributed by atoms with Crippen LogP contribution >= 0.6 is 11.6 Å². The lowest BCUT2D eigenvalue weighted by Gasteiger charge is -2.07. The third-order valence-electron chi connectivity index (χ3n) is 3.03. The highest BCUT2D eigenvalue weighted by Crippen LogP contribution is 2.11. The Morgan fingerprint density at radius 2 is 1.90 bits per heavy atom. The van der Waals surface area contributed by atoms with Crippen molar-refractivity contribution in [2.45, 2.75) is 13.1 Å². The van der Waals surface area contributed by atoms with E-state index in [0.717, 1.165) is 12.4 Å². The first-order chi connectivity index (χ1) is 10.3. The number of anilines is 1. The monoisotopic (exact) mass is 299 g/mol. The molecule has 0 saturated carbocycles. The number of aromatic nitrogens is 4. The van der Waals surface area contributed by atoms with Crippen molar-refractivity contribution >= 4 is 17.4 Å². The van der Waals surface area contributed by atoms with E-state index in [9.17, 15) is 0 Å². The van der Waals surface area contributed by atoms with Gasteiger partial charge in [-0.05, 0) is 17.2 Å². The Kier molecular flexibility index (Phi) is 4.12. The fraction of sp³-hybridized carbons (Fsp3) is 0.133. The normalized spacial score (nSPS) is 10.5. The van der Waals surface area contributed by atoms with Gasteiger partial charge in [-0.15, -0.1) is 0 Å². The molecule has 1 aromatic carbocycles. The summed E-state index contributed by atoms with van der Waals surface area (Å²) < 4.78 is 1.90. The Morgan fingerprint density at radius 3 is 2.62 bits per heavy atom. The molecule has 3 rings (SSSR count). The summed E-state index contributed by atoms with van der Waals surface area (Å²) in [5.74, 6) is 0.718. The summed E-state index contributed by atoms with van der Waals surface area (Å²) in [6.07, 6.45) is 5.18. The molecule has 0 aliphatic heterocycles. The van der Waals surface area contributed by atoms with E-state index < -0.39 is 0 Å². The van der Waals surface area contributed by atoms with Crippen molar-refractivity contribution in [3.05, 3.63) is 71.4 Å². The van der Waals surface area contributed by atoms with E-state index in [-0.39, 0.29) is 0 Å². The van der Waals surface area contributed by atoms with Crippen molar-refractivity contribution in [3.8, 4) is 0 Å². The predicted molar refractivity (Wildman–Crippen MR) is 82.1 cm³/mol. The molecule has 0 amide bonds. The maximum atomic E-state index is 5.82. The lowest BCUT2D eigenvalue weighted by Crippen LogP contribution is -2.03. The van der Waals surface area contributed by atoms with Crippen molar-refractivity contribution in [2.75, 3.05) is 5.32 Å². The van der Waals surface area contributed by atoms with Crippen LogP contribution in [0.15, 0.2) is 55.1 Å². The number of hydrogen-bond donors (Lipinski definition) is 1. The van der Waals surface area contributed by atoms with Gasteiger partial charge in [0.05, 0.1) is 6.54 Å². The van der Waals surface area contributed by atoms with Crippen LogP contribution in [0.5, 0.6) is 0 Å². The first-order valence-electron chi connectivity index (χ1n) is 6.56. The highest BCUT2D eigenvalue weighted by Gasteiger charge is 1.99. The fourth-order valence-corrected chi connectivity index (χ4v) is 2.11. The average Bonchev–Trinajstić information content (AvgIpc) is 3.00. The van der Waals surface area contributed by atoms with E-state index in [2.05, 4.69) is 44.6 Å². The first kappa shape index (κ1) is 13.6. The Labute approximate surface area is 127 Å². The van der Waals surface area contributed by atoms with Gasteiger partial charge < -0.3 is 5.32 Å². The van der Waals surface area contributed by atoms with Crippen LogP contribution in [0.25, 0.3) is 0 Å². The van der Waals surface area contributed by atoms with E-state index >= 15 is 0 Å². The summed E-state index contributed by atoms with van der Waals surface area (Å²) in [7, 11) is 0. The minimum atomic E-state index is 0.432. The molecule has 0 unspecified atom stereocenters. The summed E-state index contributed by atoms with van der Waals surface area (Å²) >= 11 is 5.82. The number of nitrogens with one attached hydrogen (secondary N) is 1. The summed E-state index contributed by atoms with van der Waals surface area (Å²) in [6.45, 7) is 1.47. The molecular formula is C15H14ClN5. The van der Waals surface area contributed by atoms with Crippen LogP contribution in [-0.4, -0.2) is 19.7 Å². The van der Waals surface area contributed by atoms with Crippen LogP contribution in [0.2, 0.25) is 5.15 Å². The molecule has 0 spiro atoms. The fourth-order valence-electron chi connectivity index (χ4n) is 1.97. The molecule has 5 nitrogen and oxygen atoms in total. The van der Waals surface area contributed by atoms with Crippen molar-refractivity contribution in [2.24, 2.45) is 0 Å². The number of nitrogens with zero attached hydrogens (tertiary/aromatic N) is 4. The quantitative estimate of drug-likeness (QED) is 0.736. The minimum Gasteiger partial charge on any atom is -0.366 e. The van der Waals surface area contributed by atoms with Gasteiger partial charge in [0.1, 0.15) is 17.3 Å². The van der Waals surface area contributed by atoms with Crippen molar-refractivity contribution < 1.29 is 0 Å². The SMILES string of the molecule is Clc1cc(NCc2ccc(Cn3cccn3)cc2)ncn1. The van der Waals surface area contributed by atoms with Gasteiger partial charge in [0.15, 0.2) is 0 Å². The summed E-state index contributed by atoms with van der Waals surface area (Å²) in [5, 5.41) is 7.84. The van der Waals surface area contributed by atoms with Crippen LogP contribution in [0, 0.1) is 0 Å². The highest BCUT2D eigenvalue weighted by atomic mass is 35.5. The number of rotatable bonds is 5. The summed E-state index contributed by atoms with van der Waals surface area (Å²) in [4.78, 5) is 7.95. The molecule has 21 heavy (non-hydrogen) atoms. The molecule has 6 heteroatoms. The Morgan fingerprint density at radius 1 is 1.10 bits per heavy atom. The third-order valence-corrected chi connectivity index (χ3v) is 3.24. The van der Waals surface area contributed by atoms with Gasteiger partial charge in [-0.3, -0.25) is 4.68 Å². The van der Waals surface area contributed by atoms with Crippen LogP contribution in [0.3, 0.4) is 0 Å². The molecular weight excluding hydrogens is 286 g/mol. The van der Waals surface area contributed by atoms with Crippen LogP contribution in [-0.2, 0) is 13.1 Å². The average molecular weight is 300 g/mol. The predicted octanol–water partition coefficient (Wildman–Crippen LogP) is 2.99. The molecule has 0 radical (unpaired) electrons. The van der Waals surface area contributed by atoms with Gasteiger partial charge in [-0.1, -0.05) is 35.9 Å². The molecule has 3 aromatic rings. The molecule has 0 aliphatic carbocycles. The van der Waals surface area contributed by atoms with Crippen molar-refractivity contribution in [3.63, 3.8) is 0 Å². The van der Waals surface area contributed by atoms with Crippen molar-refractivity contribution in [1.82, 2.24) is 19.7 Å². The van der Waals surface area contributed by atoms with E-state index in [4.69, 9.17) is 11.6 Å². The molecule has 0 aliphatic rings. The number of hydrogen-bond acceptors (Lipinski definition) is 4.